The van der Waals surface area contributed by atoms with Crippen LogP contribution in [-0.2, 0) is 4.79 Å². The summed E-state index contributed by atoms with van der Waals surface area (Å²) < 4.78 is 10.6. The Morgan fingerprint density at radius 3 is 2.90 bits per heavy atom. The second kappa shape index (κ2) is 5.81. The van der Waals surface area contributed by atoms with Crippen molar-refractivity contribution in [2.24, 2.45) is 4.99 Å². The number of hydrogen-bond donors (Lipinski definition) is 0. The van der Waals surface area contributed by atoms with E-state index < -0.39 is 0 Å². The van der Waals surface area contributed by atoms with E-state index in [0.29, 0.717) is 18.0 Å². The summed E-state index contributed by atoms with van der Waals surface area (Å²) >= 11 is 1.42. The van der Waals surface area contributed by atoms with Gasteiger partial charge < -0.3 is 9.47 Å². The number of likely N-dealkylation sites (N-methyl/N-ethyl adjacent to an activating group) is 1. The molecule has 1 amide bonds. The minimum absolute atomic E-state index is 0.00682. The van der Waals surface area contributed by atoms with Gasteiger partial charge >= 0.3 is 0 Å². The summed E-state index contributed by atoms with van der Waals surface area (Å²) in [6, 6.07) is 5.66. The first-order chi connectivity index (χ1) is 10.2. The van der Waals surface area contributed by atoms with Crippen molar-refractivity contribution in [3.8, 4) is 11.5 Å². The molecule has 1 aromatic rings. The molecule has 0 spiro atoms. The number of aliphatic imine (C=N–C) groups is 1. The lowest BCUT2D eigenvalue weighted by atomic mass is 10.2. The molecule has 3 rings (SSSR count). The van der Waals surface area contributed by atoms with Crippen molar-refractivity contribution < 1.29 is 14.3 Å². The minimum Gasteiger partial charge on any atom is -0.454 e. The Morgan fingerprint density at radius 1 is 1.33 bits per heavy atom. The highest BCUT2D eigenvalue weighted by Gasteiger charge is 2.31. The number of carbonyl (C=O) groups is 1. The first-order valence-electron chi connectivity index (χ1n) is 6.88. The fourth-order valence-electron chi connectivity index (χ4n) is 2.19. The van der Waals surface area contributed by atoms with Crippen LogP contribution < -0.4 is 9.47 Å². The quantitative estimate of drug-likeness (QED) is 0.806. The van der Waals surface area contributed by atoms with Gasteiger partial charge in [0.05, 0.1) is 4.91 Å². The average molecular weight is 304 g/mol. The van der Waals surface area contributed by atoms with Gasteiger partial charge in [0, 0.05) is 13.1 Å². The maximum Gasteiger partial charge on any atom is 0.266 e. The molecule has 0 aromatic heterocycles. The SMILES string of the molecule is CCN=C1S/C(=C\c2ccc3c(c2)OCO3)C(=O)N1CC. The second-order valence-corrected chi connectivity index (χ2v) is 5.54. The minimum atomic E-state index is 0.00682. The first-order valence-corrected chi connectivity index (χ1v) is 7.70. The van der Waals surface area contributed by atoms with Gasteiger partial charge in [0.2, 0.25) is 6.79 Å². The van der Waals surface area contributed by atoms with Crippen molar-refractivity contribution in [3.05, 3.63) is 28.7 Å². The van der Waals surface area contributed by atoms with E-state index in [1.165, 1.54) is 11.8 Å². The van der Waals surface area contributed by atoms with Gasteiger partial charge in [-0.1, -0.05) is 6.07 Å². The number of carbonyl (C=O) groups excluding carboxylic acids is 1. The molecule has 110 valence electrons. The van der Waals surface area contributed by atoms with Gasteiger partial charge in [0.25, 0.3) is 5.91 Å². The molecule has 0 atom stereocenters. The van der Waals surface area contributed by atoms with E-state index in [-0.39, 0.29) is 12.7 Å². The zero-order valence-electron chi connectivity index (χ0n) is 12.0. The fourth-order valence-corrected chi connectivity index (χ4v) is 3.30. The molecule has 0 saturated carbocycles. The van der Waals surface area contributed by atoms with Crippen molar-refractivity contribution in [1.82, 2.24) is 4.90 Å². The summed E-state index contributed by atoms with van der Waals surface area (Å²) in [5, 5.41) is 0.775. The number of rotatable bonds is 3. The number of amidine groups is 1. The van der Waals surface area contributed by atoms with Crippen LogP contribution in [0.4, 0.5) is 0 Å². The Labute approximate surface area is 127 Å². The monoisotopic (exact) mass is 304 g/mol. The first kappa shape index (κ1) is 14.0. The molecule has 0 radical (unpaired) electrons. The zero-order chi connectivity index (χ0) is 14.8. The van der Waals surface area contributed by atoms with Gasteiger partial charge in [0.15, 0.2) is 16.7 Å². The second-order valence-electron chi connectivity index (χ2n) is 4.53. The molecule has 0 unspecified atom stereocenters. The van der Waals surface area contributed by atoms with Gasteiger partial charge in [-0.3, -0.25) is 14.7 Å². The molecule has 0 bridgehead atoms. The number of nitrogens with zero attached hydrogens (tertiary/aromatic N) is 2. The third kappa shape index (κ3) is 2.63. The maximum atomic E-state index is 12.4. The molecule has 6 heteroatoms. The van der Waals surface area contributed by atoms with Crippen LogP contribution in [0.3, 0.4) is 0 Å². The highest BCUT2D eigenvalue weighted by atomic mass is 32.2. The van der Waals surface area contributed by atoms with Crippen molar-refractivity contribution >= 4 is 28.9 Å². The molecule has 1 fully saturated rings. The fraction of sp³-hybridized carbons (Fsp3) is 0.333. The zero-order valence-corrected chi connectivity index (χ0v) is 12.8. The van der Waals surface area contributed by atoms with Gasteiger partial charge in [-0.15, -0.1) is 0 Å². The number of fused-ring (bicyclic) bond motifs is 1. The predicted octanol–water partition coefficient (Wildman–Crippen LogP) is 2.73. The molecule has 1 aromatic carbocycles. The van der Waals surface area contributed by atoms with Gasteiger partial charge in [0.1, 0.15) is 0 Å². The summed E-state index contributed by atoms with van der Waals surface area (Å²) in [5.74, 6) is 1.47. The van der Waals surface area contributed by atoms with Crippen molar-refractivity contribution in [2.45, 2.75) is 13.8 Å². The lowest BCUT2D eigenvalue weighted by Crippen LogP contribution is -2.28. The molecule has 2 aliphatic rings. The summed E-state index contributed by atoms with van der Waals surface area (Å²) in [5.41, 5.74) is 0.920. The predicted molar refractivity (Wildman–Crippen MR) is 83.5 cm³/mol. The Morgan fingerprint density at radius 2 is 2.14 bits per heavy atom. The van der Waals surface area contributed by atoms with Gasteiger partial charge in [-0.05, 0) is 49.4 Å². The van der Waals surface area contributed by atoms with E-state index >= 15 is 0 Å². The van der Waals surface area contributed by atoms with Crippen LogP contribution in [0.15, 0.2) is 28.1 Å². The van der Waals surface area contributed by atoms with Crippen LogP contribution >= 0.6 is 11.8 Å². The summed E-state index contributed by atoms with van der Waals surface area (Å²) in [6.45, 7) is 5.46. The molecule has 5 nitrogen and oxygen atoms in total. The van der Waals surface area contributed by atoms with Crippen LogP contribution in [0.1, 0.15) is 19.4 Å². The normalized spacial score (nSPS) is 20.9. The van der Waals surface area contributed by atoms with E-state index in [4.69, 9.17) is 9.47 Å². The highest BCUT2D eigenvalue weighted by Crippen LogP contribution is 2.36. The Bertz CT molecular complexity index is 640. The Balaban J connectivity index is 1.89. The molecule has 0 N–H and O–H groups in total. The van der Waals surface area contributed by atoms with Crippen LogP contribution in [0.5, 0.6) is 11.5 Å². The highest BCUT2D eigenvalue weighted by molar-refractivity contribution is 8.18. The van der Waals surface area contributed by atoms with Crippen molar-refractivity contribution in [1.29, 1.82) is 0 Å². The van der Waals surface area contributed by atoms with Crippen LogP contribution in [0, 0.1) is 0 Å². The Hall–Kier alpha value is -1.95. The largest absolute Gasteiger partial charge is 0.454 e. The molecular formula is C15H16N2O3S. The number of ether oxygens (including phenoxy) is 2. The molecule has 0 aliphatic carbocycles. The summed E-state index contributed by atoms with van der Waals surface area (Å²) in [4.78, 5) is 19.1. The van der Waals surface area contributed by atoms with E-state index in [1.807, 2.05) is 38.1 Å². The van der Waals surface area contributed by atoms with E-state index in [1.54, 1.807) is 4.90 Å². The smallest absolute Gasteiger partial charge is 0.266 e. The van der Waals surface area contributed by atoms with E-state index in [2.05, 4.69) is 4.99 Å². The lowest BCUT2D eigenvalue weighted by Gasteiger charge is -2.11. The topological polar surface area (TPSA) is 51.1 Å². The van der Waals surface area contributed by atoms with Crippen LogP contribution in [0.25, 0.3) is 6.08 Å². The van der Waals surface area contributed by atoms with Gasteiger partial charge in [-0.2, -0.15) is 0 Å². The third-order valence-electron chi connectivity index (χ3n) is 3.19. The number of hydrogen-bond acceptors (Lipinski definition) is 5. The molecule has 21 heavy (non-hydrogen) atoms. The third-order valence-corrected chi connectivity index (χ3v) is 4.24. The number of benzene rings is 1. The average Bonchev–Trinajstić information content (AvgIpc) is 3.05. The van der Waals surface area contributed by atoms with E-state index in [0.717, 1.165) is 22.2 Å². The summed E-state index contributed by atoms with van der Waals surface area (Å²) in [6.07, 6.45) is 1.87. The van der Waals surface area contributed by atoms with Crippen LogP contribution in [0.2, 0.25) is 0 Å². The van der Waals surface area contributed by atoms with E-state index in [9.17, 15) is 4.79 Å². The lowest BCUT2D eigenvalue weighted by molar-refractivity contribution is -0.122. The molecule has 2 heterocycles. The standard InChI is InChI=1S/C15H16N2O3S/c1-3-16-15-17(4-2)14(18)13(21-15)8-10-5-6-11-12(7-10)20-9-19-11/h5-8H,3-4,9H2,1-2H3/b13-8-,16-15?. The number of thioether (sulfide) groups is 1. The summed E-state index contributed by atoms with van der Waals surface area (Å²) in [7, 11) is 0. The van der Waals surface area contributed by atoms with Crippen molar-refractivity contribution in [3.63, 3.8) is 0 Å². The molecule has 2 aliphatic heterocycles. The molecular weight excluding hydrogens is 288 g/mol. The maximum absolute atomic E-state index is 12.4. The van der Waals surface area contributed by atoms with Crippen molar-refractivity contribution in [2.75, 3.05) is 19.9 Å². The molecule has 1 saturated heterocycles. The van der Waals surface area contributed by atoms with Gasteiger partial charge in [-0.25, -0.2) is 0 Å². The number of amides is 1. The Kier molecular flexibility index (Phi) is 3.88. The van der Waals surface area contributed by atoms with Crippen LogP contribution in [-0.4, -0.2) is 35.9 Å².